The lowest BCUT2D eigenvalue weighted by Crippen LogP contribution is -2.48. The van der Waals surface area contributed by atoms with E-state index in [2.05, 4.69) is 120 Å². The van der Waals surface area contributed by atoms with Gasteiger partial charge in [0.15, 0.2) is 33.3 Å². The van der Waals surface area contributed by atoms with E-state index in [4.69, 9.17) is 25.9 Å². The largest absolute Gasteiger partial charge is 0.414 e. The Morgan fingerprint density at radius 2 is 1.18 bits per heavy atom. The third-order valence-electron chi connectivity index (χ3n) is 14.7. The highest BCUT2D eigenvalue weighted by Crippen LogP contribution is 2.61. The van der Waals surface area contributed by atoms with Gasteiger partial charge in [0.2, 0.25) is 0 Å². The third-order valence-corrected chi connectivity index (χ3v) is 25.9. The molecule has 0 heterocycles. The number of allylic oxidation sites excluding steroid dienone is 3. The Balaban J connectivity index is 1.98. The molecule has 0 spiro atoms. The normalized spacial score (nSPS) is 29.5. The van der Waals surface area contributed by atoms with Crippen LogP contribution in [0.15, 0.2) is 23.3 Å². The van der Waals surface area contributed by atoms with Crippen LogP contribution in [0, 0.1) is 23.2 Å². The molecule has 0 aromatic heterocycles. The van der Waals surface area contributed by atoms with Crippen molar-refractivity contribution in [1.82, 2.24) is 0 Å². The second-order valence-electron chi connectivity index (χ2n) is 24.9. The lowest BCUT2D eigenvalue weighted by molar-refractivity contribution is 0.0587. The molecule has 0 bridgehead atoms. The minimum Gasteiger partial charge on any atom is -0.414 e. The molecule has 8 heteroatoms. The average molecular weight is 870 g/mol. The summed E-state index contributed by atoms with van der Waals surface area (Å²) in [5.41, 5.74) is 0.796. The summed E-state index contributed by atoms with van der Waals surface area (Å²) in [5, 5.41) is 0.284. The van der Waals surface area contributed by atoms with Crippen LogP contribution >= 0.6 is 0 Å². The first-order valence-electron chi connectivity index (χ1n) is 26.2. The fraction of sp³-hybridized carbons (Fsp3) is 0.918. The molecule has 6 atom stereocenters. The number of rotatable bonds is 18. The summed E-state index contributed by atoms with van der Waals surface area (Å²) in [5.74, 6) is 1.34. The lowest BCUT2D eigenvalue weighted by atomic mass is 9.60. The Kier molecular flexibility index (Phi) is 14.1. The fourth-order valence-corrected chi connectivity index (χ4v) is 16.0. The Hall–Kier alpha value is 0.188. The Morgan fingerprint density at radius 1 is 0.702 bits per heavy atom. The highest BCUT2D eigenvalue weighted by atomic mass is 28.4. The van der Waals surface area contributed by atoms with Gasteiger partial charge in [0.25, 0.3) is 0 Å². The predicted octanol–water partition coefficient (Wildman–Crippen LogP) is 16.2. The van der Waals surface area contributed by atoms with Crippen molar-refractivity contribution in [2.24, 2.45) is 23.2 Å². The van der Waals surface area contributed by atoms with Gasteiger partial charge in [0.05, 0.1) is 23.4 Å². The molecule has 3 aliphatic rings. The van der Waals surface area contributed by atoms with E-state index in [0.717, 1.165) is 57.8 Å². The summed E-state index contributed by atoms with van der Waals surface area (Å²) in [6.45, 7) is 37.4. The summed E-state index contributed by atoms with van der Waals surface area (Å²) in [7, 11) is -8.24. The zero-order chi connectivity index (χ0) is 48.7. The Labute approximate surface area is 369 Å². The van der Waals surface area contributed by atoms with E-state index in [1.165, 1.54) is 24.8 Å². The zero-order valence-electron chi connectivity index (χ0n) is 47.1. The molecular weight excluding hydrogens is 765 g/mol. The molecule has 3 rings (SSSR count). The minimum atomic E-state index is -2.76. The molecule has 0 radical (unpaired) electrons. The van der Waals surface area contributed by atoms with Gasteiger partial charge >= 0.3 is 0 Å². The quantitative estimate of drug-likeness (QED) is 0.129. The van der Waals surface area contributed by atoms with Crippen molar-refractivity contribution in [1.29, 1.82) is 0 Å². The Morgan fingerprint density at radius 3 is 1.63 bits per heavy atom. The van der Waals surface area contributed by atoms with E-state index in [-0.39, 0.29) is 39.7 Å². The molecule has 0 saturated heterocycles. The summed E-state index contributed by atoms with van der Waals surface area (Å²) < 4.78 is 78.5. The van der Waals surface area contributed by atoms with Crippen molar-refractivity contribution in [3.8, 4) is 0 Å². The summed E-state index contributed by atoms with van der Waals surface area (Å²) in [6.07, 6.45) is 18.4. The SMILES string of the molecule is [2H]C([2H])([2H])C(CCC[C@@H](CCCC(C)(C)O[Si](C)(C)C)[C@H]1CC[C@H]2/C(=C/C=C3C[C@@H](O[Si](C)(C)C(C)(C)C)C[C@H](O[Si](C)(C)C(C)(C)C)C3)CCC[C@]12C)(O[Si](C)(C)C)C([2H])([2H])[2H]. The summed E-state index contributed by atoms with van der Waals surface area (Å²) in [4.78, 5) is 0. The monoisotopic (exact) mass is 869 g/mol. The zero-order valence-corrected chi connectivity index (χ0v) is 45.1. The highest BCUT2D eigenvalue weighted by Gasteiger charge is 2.51. The van der Waals surface area contributed by atoms with E-state index in [0.29, 0.717) is 24.2 Å². The van der Waals surface area contributed by atoms with Gasteiger partial charge in [0, 0.05) is 8.22 Å². The smallest absolute Gasteiger partial charge is 0.192 e. The summed E-state index contributed by atoms with van der Waals surface area (Å²) >= 11 is 0. The second kappa shape index (κ2) is 18.9. The number of fused-ring (bicyclic) bond motifs is 1. The molecule has 3 saturated carbocycles. The predicted molar refractivity (Wildman–Crippen MR) is 261 cm³/mol. The van der Waals surface area contributed by atoms with Crippen LogP contribution in [0.5, 0.6) is 0 Å². The van der Waals surface area contributed by atoms with Gasteiger partial charge < -0.3 is 17.7 Å². The molecular formula is C49H98O4Si4. The van der Waals surface area contributed by atoms with Crippen LogP contribution in [-0.2, 0) is 17.7 Å². The van der Waals surface area contributed by atoms with Gasteiger partial charge in [0.1, 0.15) is 0 Å². The van der Waals surface area contributed by atoms with E-state index < -0.39 is 52.6 Å². The van der Waals surface area contributed by atoms with Crippen molar-refractivity contribution in [2.45, 2.75) is 265 Å². The Bertz CT molecular complexity index is 1510. The van der Waals surface area contributed by atoms with Crippen LogP contribution in [0.1, 0.15) is 174 Å². The van der Waals surface area contributed by atoms with Crippen molar-refractivity contribution in [3.05, 3.63) is 23.3 Å². The topological polar surface area (TPSA) is 36.9 Å². The van der Waals surface area contributed by atoms with Gasteiger partial charge in [-0.2, -0.15) is 0 Å². The van der Waals surface area contributed by atoms with Crippen LogP contribution in [0.3, 0.4) is 0 Å². The van der Waals surface area contributed by atoms with Crippen LogP contribution < -0.4 is 0 Å². The van der Waals surface area contributed by atoms with Gasteiger partial charge in [-0.3, -0.25) is 0 Å². The van der Waals surface area contributed by atoms with E-state index in [9.17, 15) is 0 Å². The molecule has 0 aromatic carbocycles. The van der Waals surface area contributed by atoms with Gasteiger partial charge in [-0.1, -0.05) is 97.4 Å². The van der Waals surface area contributed by atoms with Crippen LogP contribution in [-0.4, -0.2) is 56.7 Å². The van der Waals surface area contributed by atoms with Gasteiger partial charge in [-0.25, -0.2) is 0 Å². The van der Waals surface area contributed by atoms with E-state index >= 15 is 0 Å². The molecule has 334 valence electrons. The number of hydrogen-bond acceptors (Lipinski definition) is 4. The van der Waals surface area contributed by atoms with Gasteiger partial charge in [-0.05, 0) is 190 Å². The number of hydrogen-bond donors (Lipinski definition) is 0. The second-order valence-corrected chi connectivity index (χ2v) is 43.2. The first-order valence-corrected chi connectivity index (χ1v) is 35.8. The van der Waals surface area contributed by atoms with Gasteiger partial charge in [-0.15, -0.1) is 0 Å². The van der Waals surface area contributed by atoms with Crippen LogP contribution in [0.25, 0.3) is 0 Å². The first kappa shape index (κ1) is 42.5. The molecule has 4 nitrogen and oxygen atoms in total. The molecule has 0 aromatic rings. The molecule has 0 aliphatic heterocycles. The van der Waals surface area contributed by atoms with Crippen LogP contribution in [0.2, 0.25) is 75.5 Å². The average Bonchev–Trinajstić information content (AvgIpc) is 3.39. The van der Waals surface area contributed by atoms with E-state index in [1.807, 2.05) is 19.6 Å². The third kappa shape index (κ3) is 15.5. The van der Waals surface area contributed by atoms with Crippen molar-refractivity contribution in [2.75, 3.05) is 0 Å². The molecule has 0 unspecified atom stereocenters. The van der Waals surface area contributed by atoms with Crippen molar-refractivity contribution >= 4 is 33.3 Å². The molecule has 0 amide bonds. The fourth-order valence-electron chi connectivity index (χ4n) is 10.3. The van der Waals surface area contributed by atoms with Crippen molar-refractivity contribution < 1.29 is 25.9 Å². The lowest BCUT2D eigenvalue weighted by Gasteiger charge is -2.46. The minimum absolute atomic E-state index is 0.0108. The molecule has 0 N–H and O–H groups in total. The molecule has 3 aliphatic carbocycles. The van der Waals surface area contributed by atoms with Crippen LogP contribution in [0.4, 0.5) is 0 Å². The maximum Gasteiger partial charge on any atom is 0.192 e. The standard InChI is InChI=1S/C49H98O4Si4/c1-45(2,3)56(18,19)50-41-35-38(36-42(37-41)51-57(20,21)46(4,5)6)28-29-40-27-24-34-49(11)43(30-31-44(40)49)39(25-22-32-47(7,8)52-54(12,13)14)26-23-33-48(9,10)53-55(15,16)17/h28-29,39,41-44H,22-27,30-37H2,1-21H3/b40-29+/t41-,42-,43-,44+,49-/m1/s1/i7D3,8D3/t39-,41+,42+,43+,44-,49+/m0. The first-order chi connectivity index (χ1) is 28.0. The maximum absolute atomic E-state index is 8.55. The molecule has 57 heavy (non-hydrogen) atoms. The van der Waals surface area contributed by atoms with E-state index in [1.54, 1.807) is 5.57 Å². The molecule has 3 fully saturated rings. The van der Waals surface area contributed by atoms with Crippen molar-refractivity contribution in [3.63, 3.8) is 0 Å². The summed E-state index contributed by atoms with van der Waals surface area (Å²) in [6, 6.07) is 0. The highest BCUT2D eigenvalue weighted by molar-refractivity contribution is 6.74. The maximum atomic E-state index is 8.55.